The van der Waals surface area contributed by atoms with Crippen molar-refractivity contribution in [1.82, 2.24) is 4.90 Å². The number of nitrogens with two attached hydrogens (primary N) is 1. The normalized spacial score (nSPS) is 13.1. The summed E-state index contributed by atoms with van der Waals surface area (Å²) < 4.78 is 0. The molecule has 0 heterocycles. The van der Waals surface area contributed by atoms with Gasteiger partial charge in [-0.15, -0.1) is 0 Å². The lowest BCUT2D eigenvalue weighted by Gasteiger charge is -2.20. The van der Waals surface area contributed by atoms with E-state index in [1.165, 1.54) is 12.0 Å². The van der Waals surface area contributed by atoms with Gasteiger partial charge in [-0.1, -0.05) is 43.7 Å². The summed E-state index contributed by atoms with van der Waals surface area (Å²) in [5.74, 6) is 0. The van der Waals surface area contributed by atoms with Crippen molar-refractivity contribution in [3.05, 3.63) is 35.9 Å². The molecular weight excluding hydrogens is 184 g/mol. The zero-order chi connectivity index (χ0) is 11.1. The number of hydrogen-bond acceptors (Lipinski definition) is 2. The van der Waals surface area contributed by atoms with Crippen molar-refractivity contribution in [1.29, 1.82) is 0 Å². The molecule has 0 saturated carbocycles. The van der Waals surface area contributed by atoms with Gasteiger partial charge in [0.2, 0.25) is 0 Å². The summed E-state index contributed by atoms with van der Waals surface area (Å²) in [6.45, 7) is 4.14. The van der Waals surface area contributed by atoms with Crippen molar-refractivity contribution >= 4 is 0 Å². The Bertz CT molecular complexity index is 258. The highest BCUT2D eigenvalue weighted by Gasteiger charge is 2.05. The SMILES string of the molecule is CCC[C@H](N)CN(C)Cc1ccccc1. The van der Waals surface area contributed by atoms with Crippen LogP contribution in [-0.2, 0) is 6.54 Å². The fourth-order valence-electron chi connectivity index (χ4n) is 1.82. The van der Waals surface area contributed by atoms with E-state index >= 15 is 0 Å². The average molecular weight is 206 g/mol. The zero-order valence-electron chi connectivity index (χ0n) is 9.82. The first-order chi connectivity index (χ1) is 7.22. The summed E-state index contributed by atoms with van der Waals surface area (Å²) in [6.07, 6.45) is 2.28. The predicted octanol–water partition coefficient (Wildman–Crippen LogP) is 2.25. The van der Waals surface area contributed by atoms with Gasteiger partial charge < -0.3 is 10.6 Å². The van der Waals surface area contributed by atoms with Crippen LogP contribution >= 0.6 is 0 Å². The molecule has 1 rings (SSSR count). The minimum Gasteiger partial charge on any atom is -0.327 e. The maximum Gasteiger partial charge on any atom is 0.0231 e. The highest BCUT2D eigenvalue weighted by atomic mass is 15.1. The molecule has 0 radical (unpaired) electrons. The quantitative estimate of drug-likeness (QED) is 0.773. The van der Waals surface area contributed by atoms with Gasteiger partial charge in [0.15, 0.2) is 0 Å². The molecule has 0 spiro atoms. The van der Waals surface area contributed by atoms with Crippen molar-refractivity contribution in [2.45, 2.75) is 32.4 Å². The van der Waals surface area contributed by atoms with Gasteiger partial charge >= 0.3 is 0 Å². The van der Waals surface area contributed by atoms with Crippen molar-refractivity contribution in [2.75, 3.05) is 13.6 Å². The summed E-state index contributed by atoms with van der Waals surface area (Å²) in [5.41, 5.74) is 7.35. The van der Waals surface area contributed by atoms with Crippen LogP contribution in [0.5, 0.6) is 0 Å². The van der Waals surface area contributed by atoms with E-state index in [4.69, 9.17) is 5.73 Å². The lowest BCUT2D eigenvalue weighted by atomic mass is 10.1. The van der Waals surface area contributed by atoms with Crippen LogP contribution in [0.2, 0.25) is 0 Å². The maximum absolute atomic E-state index is 6.00. The summed E-state index contributed by atoms with van der Waals surface area (Å²) in [7, 11) is 2.13. The topological polar surface area (TPSA) is 29.3 Å². The second kappa shape index (κ2) is 6.59. The van der Waals surface area contributed by atoms with Crippen molar-refractivity contribution < 1.29 is 0 Å². The molecular formula is C13H22N2. The van der Waals surface area contributed by atoms with Gasteiger partial charge in [-0.2, -0.15) is 0 Å². The standard InChI is InChI=1S/C13H22N2/c1-3-7-13(14)11-15(2)10-12-8-5-4-6-9-12/h4-6,8-9,13H,3,7,10-11,14H2,1-2H3/t13-/m0/s1. The Balaban J connectivity index is 2.33. The van der Waals surface area contributed by atoms with Gasteiger partial charge in [-0.25, -0.2) is 0 Å². The third kappa shape index (κ3) is 4.96. The summed E-state index contributed by atoms with van der Waals surface area (Å²) in [4.78, 5) is 2.29. The van der Waals surface area contributed by atoms with Crippen molar-refractivity contribution in [3.63, 3.8) is 0 Å². The van der Waals surface area contributed by atoms with E-state index in [1.54, 1.807) is 0 Å². The first-order valence-electron chi connectivity index (χ1n) is 5.70. The van der Waals surface area contributed by atoms with E-state index in [9.17, 15) is 0 Å². The highest BCUT2D eigenvalue weighted by molar-refractivity contribution is 5.14. The molecule has 2 nitrogen and oxygen atoms in total. The maximum atomic E-state index is 6.00. The third-order valence-corrected chi connectivity index (χ3v) is 2.50. The molecule has 0 aromatic heterocycles. The Hall–Kier alpha value is -0.860. The summed E-state index contributed by atoms with van der Waals surface area (Å²) in [6, 6.07) is 10.8. The van der Waals surface area contributed by atoms with Crippen LogP contribution in [0.4, 0.5) is 0 Å². The van der Waals surface area contributed by atoms with Crippen LogP contribution in [0.3, 0.4) is 0 Å². The van der Waals surface area contributed by atoms with E-state index < -0.39 is 0 Å². The Morgan fingerprint density at radius 2 is 1.93 bits per heavy atom. The summed E-state index contributed by atoms with van der Waals surface area (Å²) >= 11 is 0. The molecule has 1 atom stereocenters. The van der Waals surface area contributed by atoms with E-state index in [2.05, 4.69) is 43.1 Å². The molecule has 84 valence electrons. The van der Waals surface area contributed by atoms with Crippen LogP contribution in [0.15, 0.2) is 30.3 Å². The first-order valence-corrected chi connectivity index (χ1v) is 5.70. The molecule has 0 bridgehead atoms. The van der Waals surface area contributed by atoms with Gasteiger partial charge in [0.1, 0.15) is 0 Å². The van der Waals surface area contributed by atoms with Crippen LogP contribution in [0.1, 0.15) is 25.3 Å². The number of nitrogens with zero attached hydrogens (tertiary/aromatic N) is 1. The van der Waals surface area contributed by atoms with E-state index in [-0.39, 0.29) is 0 Å². The van der Waals surface area contributed by atoms with Gasteiger partial charge in [0, 0.05) is 19.1 Å². The fraction of sp³-hybridized carbons (Fsp3) is 0.538. The Kier molecular flexibility index (Phi) is 5.37. The minimum atomic E-state index is 0.309. The molecule has 0 aliphatic rings. The van der Waals surface area contributed by atoms with Crippen LogP contribution in [0.25, 0.3) is 0 Å². The minimum absolute atomic E-state index is 0.309. The molecule has 15 heavy (non-hydrogen) atoms. The number of rotatable bonds is 6. The second-order valence-corrected chi connectivity index (χ2v) is 4.23. The Morgan fingerprint density at radius 3 is 2.53 bits per heavy atom. The predicted molar refractivity (Wildman–Crippen MR) is 65.7 cm³/mol. The van der Waals surface area contributed by atoms with Crippen LogP contribution in [0, 0.1) is 0 Å². The molecule has 0 unspecified atom stereocenters. The van der Waals surface area contributed by atoms with Gasteiger partial charge in [-0.3, -0.25) is 0 Å². The van der Waals surface area contributed by atoms with Gasteiger partial charge in [0.05, 0.1) is 0 Å². The molecule has 0 amide bonds. The fourth-order valence-corrected chi connectivity index (χ4v) is 1.82. The Labute approximate surface area is 93.1 Å². The van der Waals surface area contributed by atoms with Gasteiger partial charge in [0.25, 0.3) is 0 Å². The molecule has 0 fully saturated rings. The van der Waals surface area contributed by atoms with Crippen molar-refractivity contribution in [3.8, 4) is 0 Å². The van der Waals surface area contributed by atoms with Gasteiger partial charge in [-0.05, 0) is 19.0 Å². The number of likely N-dealkylation sites (N-methyl/N-ethyl adjacent to an activating group) is 1. The molecule has 2 heteroatoms. The second-order valence-electron chi connectivity index (χ2n) is 4.23. The number of benzene rings is 1. The monoisotopic (exact) mass is 206 g/mol. The zero-order valence-corrected chi connectivity index (χ0v) is 9.82. The number of hydrogen-bond donors (Lipinski definition) is 1. The molecule has 0 aliphatic carbocycles. The van der Waals surface area contributed by atoms with Crippen LogP contribution in [-0.4, -0.2) is 24.5 Å². The first kappa shape index (κ1) is 12.2. The summed E-state index contributed by atoms with van der Waals surface area (Å²) in [5, 5.41) is 0. The van der Waals surface area contributed by atoms with E-state index in [0.29, 0.717) is 6.04 Å². The Morgan fingerprint density at radius 1 is 1.27 bits per heavy atom. The lowest BCUT2D eigenvalue weighted by molar-refractivity contribution is 0.297. The smallest absolute Gasteiger partial charge is 0.0231 e. The van der Waals surface area contributed by atoms with Crippen LogP contribution < -0.4 is 5.73 Å². The van der Waals surface area contributed by atoms with E-state index in [1.807, 2.05) is 6.07 Å². The lowest BCUT2D eigenvalue weighted by Crippen LogP contribution is -2.34. The average Bonchev–Trinajstić information content (AvgIpc) is 2.19. The third-order valence-electron chi connectivity index (χ3n) is 2.50. The highest BCUT2D eigenvalue weighted by Crippen LogP contribution is 2.04. The molecule has 0 saturated heterocycles. The largest absolute Gasteiger partial charge is 0.327 e. The molecule has 1 aromatic rings. The van der Waals surface area contributed by atoms with E-state index in [0.717, 1.165) is 19.5 Å². The molecule has 0 aliphatic heterocycles. The molecule has 1 aromatic carbocycles. The van der Waals surface area contributed by atoms with Crippen molar-refractivity contribution in [2.24, 2.45) is 5.73 Å². The molecule has 2 N–H and O–H groups in total.